The minimum Gasteiger partial charge on any atom is -0.396 e. The highest BCUT2D eigenvalue weighted by Gasteiger charge is 2.45. The summed E-state index contributed by atoms with van der Waals surface area (Å²) in [5.41, 5.74) is 2.10. The molecule has 23 heavy (non-hydrogen) atoms. The molecule has 1 aliphatic rings. The Bertz CT molecular complexity index is 676. The number of carbonyl (C=O) groups excluding carboxylic acids is 1. The van der Waals surface area contributed by atoms with Crippen molar-refractivity contribution in [2.75, 3.05) is 11.9 Å². The number of nitrogens with one attached hydrogen (secondary N) is 1. The van der Waals surface area contributed by atoms with Crippen LogP contribution in [0.5, 0.6) is 0 Å². The van der Waals surface area contributed by atoms with Crippen LogP contribution in [-0.2, 0) is 16.6 Å². The van der Waals surface area contributed by atoms with E-state index >= 15 is 0 Å². The maximum Gasteiger partial charge on any atom is 0.235 e. The molecule has 0 unspecified atom stereocenters. The first-order valence-corrected chi connectivity index (χ1v) is 7.91. The molecule has 0 aromatic heterocycles. The summed E-state index contributed by atoms with van der Waals surface area (Å²) < 4.78 is 13.1. The summed E-state index contributed by atoms with van der Waals surface area (Å²) in [6, 6.07) is 13.7. The van der Waals surface area contributed by atoms with E-state index in [1.165, 1.54) is 12.1 Å². The monoisotopic (exact) mass is 313 g/mol. The fourth-order valence-electron chi connectivity index (χ4n) is 3.08. The van der Waals surface area contributed by atoms with Crippen LogP contribution in [0.15, 0.2) is 48.5 Å². The van der Waals surface area contributed by atoms with Crippen molar-refractivity contribution in [2.24, 2.45) is 0 Å². The van der Waals surface area contributed by atoms with E-state index in [0.29, 0.717) is 6.42 Å². The largest absolute Gasteiger partial charge is 0.396 e. The van der Waals surface area contributed by atoms with Gasteiger partial charge in [0.2, 0.25) is 5.91 Å². The van der Waals surface area contributed by atoms with E-state index in [1.807, 2.05) is 24.3 Å². The second-order valence-corrected chi connectivity index (χ2v) is 6.07. The fourth-order valence-corrected chi connectivity index (χ4v) is 3.08. The SMILES string of the molecule is O=C(Nc1ccc(CCO)cc1)C1(c2ccc(F)cc2)CCC1. The molecule has 0 bridgehead atoms. The molecule has 0 saturated heterocycles. The average Bonchev–Trinajstić information content (AvgIpc) is 2.50. The topological polar surface area (TPSA) is 49.3 Å². The van der Waals surface area contributed by atoms with Crippen molar-refractivity contribution >= 4 is 11.6 Å². The third kappa shape index (κ3) is 3.13. The van der Waals surface area contributed by atoms with Crippen LogP contribution < -0.4 is 5.32 Å². The van der Waals surface area contributed by atoms with Gasteiger partial charge < -0.3 is 10.4 Å². The van der Waals surface area contributed by atoms with E-state index < -0.39 is 5.41 Å². The van der Waals surface area contributed by atoms with E-state index in [9.17, 15) is 9.18 Å². The van der Waals surface area contributed by atoms with E-state index in [-0.39, 0.29) is 18.3 Å². The first-order chi connectivity index (χ1) is 11.1. The lowest BCUT2D eigenvalue weighted by Crippen LogP contribution is -2.46. The zero-order chi connectivity index (χ0) is 16.3. The molecule has 2 aromatic carbocycles. The summed E-state index contributed by atoms with van der Waals surface area (Å²) in [4.78, 5) is 12.8. The van der Waals surface area contributed by atoms with E-state index in [2.05, 4.69) is 5.32 Å². The number of hydrogen-bond acceptors (Lipinski definition) is 2. The molecule has 3 rings (SSSR count). The van der Waals surface area contributed by atoms with Crippen LogP contribution in [0.3, 0.4) is 0 Å². The lowest BCUT2D eigenvalue weighted by molar-refractivity contribution is -0.124. The number of hydrogen-bond donors (Lipinski definition) is 2. The maximum atomic E-state index is 13.1. The molecule has 0 aliphatic heterocycles. The Labute approximate surface area is 135 Å². The highest BCUT2D eigenvalue weighted by atomic mass is 19.1. The molecule has 1 fully saturated rings. The second-order valence-electron chi connectivity index (χ2n) is 6.07. The number of aliphatic hydroxyl groups excluding tert-OH is 1. The molecule has 1 aliphatic carbocycles. The third-order valence-electron chi connectivity index (χ3n) is 4.65. The zero-order valence-corrected chi connectivity index (χ0v) is 12.9. The van der Waals surface area contributed by atoms with Crippen LogP contribution in [0.25, 0.3) is 0 Å². The van der Waals surface area contributed by atoms with E-state index in [1.54, 1.807) is 12.1 Å². The predicted molar refractivity (Wildman–Crippen MR) is 87.8 cm³/mol. The number of anilines is 1. The third-order valence-corrected chi connectivity index (χ3v) is 4.65. The number of aliphatic hydroxyl groups is 1. The fraction of sp³-hybridized carbons (Fsp3) is 0.316. The van der Waals surface area contributed by atoms with Crippen molar-refractivity contribution < 1.29 is 14.3 Å². The Morgan fingerprint density at radius 2 is 1.74 bits per heavy atom. The van der Waals surface area contributed by atoms with Gasteiger partial charge in [0.15, 0.2) is 0 Å². The zero-order valence-electron chi connectivity index (χ0n) is 12.9. The number of rotatable bonds is 5. The number of halogens is 1. The Morgan fingerprint density at radius 3 is 2.26 bits per heavy atom. The molecule has 0 heterocycles. The van der Waals surface area contributed by atoms with Gasteiger partial charge in [-0.2, -0.15) is 0 Å². The lowest BCUT2D eigenvalue weighted by Gasteiger charge is -2.40. The molecule has 1 saturated carbocycles. The van der Waals surface area contributed by atoms with E-state index in [0.717, 1.165) is 36.1 Å². The first-order valence-electron chi connectivity index (χ1n) is 7.91. The molecule has 3 nitrogen and oxygen atoms in total. The van der Waals surface area contributed by atoms with Gasteiger partial charge in [0.05, 0.1) is 5.41 Å². The number of amides is 1. The predicted octanol–water partition coefficient (Wildman–Crippen LogP) is 3.42. The van der Waals surface area contributed by atoms with Gasteiger partial charge in [0.25, 0.3) is 0 Å². The summed E-state index contributed by atoms with van der Waals surface area (Å²) in [6.07, 6.45) is 3.17. The van der Waals surface area contributed by atoms with Crippen LogP contribution in [-0.4, -0.2) is 17.6 Å². The second kappa shape index (κ2) is 6.50. The maximum absolute atomic E-state index is 13.1. The molecule has 2 aromatic rings. The van der Waals surface area contributed by atoms with Gasteiger partial charge in [0.1, 0.15) is 5.82 Å². The van der Waals surface area contributed by atoms with Crippen molar-refractivity contribution in [2.45, 2.75) is 31.1 Å². The highest BCUT2D eigenvalue weighted by molar-refractivity contribution is 5.99. The minimum atomic E-state index is -0.544. The van der Waals surface area contributed by atoms with Crippen LogP contribution in [0.1, 0.15) is 30.4 Å². The Kier molecular flexibility index (Phi) is 4.44. The molecular formula is C19H20FNO2. The highest BCUT2D eigenvalue weighted by Crippen LogP contribution is 2.44. The van der Waals surface area contributed by atoms with Gasteiger partial charge in [-0.1, -0.05) is 30.7 Å². The van der Waals surface area contributed by atoms with Crippen LogP contribution >= 0.6 is 0 Å². The van der Waals surface area contributed by atoms with E-state index in [4.69, 9.17) is 5.11 Å². The Balaban J connectivity index is 1.76. The molecule has 120 valence electrons. The standard InChI is InChI=1S/C19H20FNO2/c20-16-6-4-15(5-7-16)19(11-1-12-19)18(23)21-17-8-2-14(3-9-17)10-13-22/h2-9,22H,1,10-13H2,(H,21,23). The van der Waals surface area contributed by atoms with Crippen LogP contribution in [0, 0.1) is 5.82 Å². The Hall–Kier alpha value is -2.20. The normalized spacial score (nSPS) is 15.7. The van der Waals surface area contributed by atoms with Gasteiger partial charge in [-0.15, -0.1) is 0 Å². The summed E-state index contributed by atoms with van der Waals surface area (Å²) in [5, 5.41) is 11.9. The molecular weight excluding hydrogens is 293 g/mol. The van der Waals surface area contributed by atoms with Gasteiger partial charge in [-0.3, -0.25) is 4.79 Å². The van der Waals surface area contributed by atoms with Crippen LogP contribution in [0.2, 0.25) is 0 Å². The van der Waals surface area contributed by atoms with Gasteiger partial charge in [-0.05, 0) is 54.7 Å². The molecule has 0 radical (unpaired) electrons. The summed E-state index contributed by atoms with van der Waals surface area (Å²) >= 11 is 0. The van der Waals surface area contributed by atoms with Crippen molar-refractivity contribution in [3.05, 3.63) is 65.5 Å². The molecule has 1 amide bonds. The van der Waals surface area contributed by atoms with Crippen molar-refractivity contribution in [3.63, 3.8) is 0 Å². The smallest absolute Gasteiger partial charge is 0.235 e. The quantitative estimate of drug-likeness (QED) is 0.888. The molecule has 0 atom stereocenters. The summed E-state index contributed by atoms with van der Waals surface area (Å²) in [7, 11) is 0. The average molecular weight is 313 g/mol. The number of benzene rings is 2. The summed E-state index contributed by atoms with van der Waals surface area (Å²) in [5.74, 6) is -0.326. The first kappa shape index (κ1) is 15.7. The lowest BCUT2D eigenvalue weighted by atomic mass is 9.64. The Morgan fingerprint density at radius 1 is 1.09 bits per heavy atom. The minimum absolute atomic E-state index is 0.0368. The van der Waals surface area contributed by atoms with Gasteiger partial charge in [-0.25, -0.2) is 4.39 Å². The van der Waals surface area contributed by atoms with Crippen molar-refractivity contribution in [1.29, 1.82) is 0 Å². The summed E-state index contributed by atoms with van der Waals surface area (Å²) in [6.45, 7) is 0.110. The van der Waals surface area contributed by atoms with Gasteiger partial charge >= 0.3 is 0 Å². The number of carbonyl (C=O) groups is 1. The van der Waals surface area contributed by atoms with Gasteiger partial charge in [0, 0.05) is 12.3 Å². The van der Waals surface area contributed by atoms with Crippen molar-refractivity contribution in [1.82, 2.24) is 0 Å². The van der Waals surface area contributed by atoms with Crippen LogP contribution in [0.4, 0.5) is 10.1 Å². The molecule has 0 spiro atoms. The molecule has 4 heteroatoms. The van der Waals surface area contributed by atoms with Crippen molar-refractivity contribution in [3.8, 4) is 0 Å². The molecule has 2 N–H and O–H groups in total.